The summed E-state index contributed by atoms with van der Waals surface area (Å²) in [7, 11) is 0. The number of aryl methyl sites for hydroxylation is 1. The van der Waals surface area contributed by atoms with E-state index in [2.05, 4.69) is 44.2 Å². The van der Waals surface area contributed by atoms with Crippen molar-refractivity contribution in [3.63, 3.8) is 0 Å². The molecule has 1 aliphatic carbocycles. The molecule has 74 valence electrons. The van der Waals surface area contributed by atoms with Gasteiger partial charge >= 0.3 is 0 Å². The number of benzene rings is 1. The van der Waals surface area contributed by atoms with Gasteiger partial charge in [-0.25, -0.2) is 0 Å². The van der Waals surface area contributed by atoms with E-state index < -0.39 is 0 Å². The molecular weight excluding hydrogens is 168 g/mol. The molecule has 0 saturated heterocycles. The van der Waals surface area contributed by atoms with Gasteiger partial charge in [0, 0.05) is 0 Å². The molecule has 0 aliphatic heterocycles. The fraction of sp³-hybridized carbons (Fsp3) is 0.429. The van der Waals surface area contributed by atoms with Crippen LogP contribution in [0.4, 0.5) is 0 Å². The van der Waals surface area contributed by atoms with Crippen molar-refractivity contribution in [2.75, 3.05) is 0 Å². The molecule has 1 aromatic rings. The number of allylic oxidation sites excluding steroid dienone is 1. The SMILES string of the molecule is CCc1ccc2c(c1)C=CCC2CC. The first kappa shape index (κ1) is 9.51. The van der Waals surface area contributed by atoms with E-state index in [0.717, 1.165) is 12.3 Å². The zero-order valence-electron chi connectivity index (χ0n) is 9.09. The smallest absolute Gasteiger partial charge is 0.0124 e. The standard InChI is InChI=1S/C14H18/c1-3-11-8-9-14-12(4-2)6-5-7-13(14)10-11/h5,7-10,12H,3-4,6H2,1-2H3. The van der Waals surface area contributed by atoms with Gasteiger partial charge in [0.1, 0.15) is 0 Å². The minimum absolute atomic E-state index is 0.751. The van der Waals surface area contributed by atoms with E-state index in [4.69, 9.17) is 0 Å². The van der Waals surface area contributed by atoms with Gasteiger partial charge in [-0.3, -0.25) is 0 Å². The molecule has 2 rings (SSSR count). The second-order valence-corrected chi connectivity index (χ2v) is 4.06. The van der Waals surface area contributed by atoms with Crippen molar-refractivity contribution in [3.05, 3.63) is 41.0 Å². The van der Waals surface area contributed by atoms with Crippen molar-refractivity contribution in [1.29, 1.82) is 0 Å². The predicted molar refractivity (Wildman–Crippen MR) is 62.5 cm³/mol. The molecule has 0 N–H and O–H groups in total. The molecule has 1 unspecified atom stereocenters. The second-order valence-electron chi connectivity index (χ2n) is 4.06. The Morgan fingerprint density at radius 3 is 2.86 bits per heavy atom. The number of fused-ring (bicyclic) bond motifs is 1. The molecule has 0 heteroatoms. The van der Waals surface area contributed by atoms with Gasteiger partial charge in [-0.1, -0.05) is 44.2 Å². The highest BCUT2D eigenvalue weighted by molar-refractivity contribution is 5.58. The Bertz CT molecular complexity index is 347. The van der Waals surface area contributed by atoms with Gasteiger partial charge in [0.2, 0.25) is 0 Å². The Morgan fingerprint density at radius 1 is 1.29 bits per heavy atom. The van der Waals surface area contributed by atoms with Crippen LogP contribution in [0, 0.1) is 0 Å². The quantitative estimate of drug-likeness (QED) is 0.650. The molecule has 0 radical (unpaired) electrons. The molecule has 0 spiro atoms. The Labute approximate surface area is 86.7 Å². The molecular formula is C14H18. The maximum absolute atomic E-state index is 2.34. The number of rotatable bonds is 2. The van der Waals surface area contributed by atoms with E-state index in [1.165, 1.54) is 24.0 Å². The first-order valence-electron chi connectivity index (χ1n) is 5.64. The molecule has 0 bridgehead atoms. The van der Waals surface area contributed by atoms with Gasteiger partial charge < -0.3 is 0 Å². The number of hydrogen-bond acceptors (Lipinski definition) is 0. The van der Waals surface area contributed by atoms with E-state index in [0.29, 0.717) is 0 Å². The molecule has 0 amide bonds. The van der Waals surface area contributed by atoms with Gasteiger partial charge in [-0.15, -0.1) is 0 Å². The molecule has 14 heavy (non-hydrogen) atoms. The van der Waals surface area contributed by atoms with E-state index in [1.807, 2.05) is 0 Å². The molecule has 0 saturated carbocycles. The third-order valence-electron chi connectivity index (χ3n) is 3.21. The van der Waals surface area contributed by atoms with Crippen LogP contribution in [0.3, 0.4) is 0 Å². The predicted octanol–water partition coefficient (Wildman–Crippen LogP) is 4.16. The highest BCUT2D eigenvalue weighted by atomic mass is 14.2. The Balaban J connectivity index is 2.42. The van der Waals surface area contributed by atoms with Crippen molar-refractivity contribution >= 4 is 6.08 Å². The van der Waals surface area contributed by atoms with Crippen LogP contribution in [-0.2, 0) is 6.42 Å². The van der Waals surface area contributed by atoms with Crippen LogP contribution in [0.5, 0.6) is 0 Å². The molecule has 1 atom stereocenters. The summed E-state index contributed by atoms with van der Waals surface area (Å²) < 4.78 is 0. The Morgan fingerprint density at radius 2 is 2.14 bits per heavy atom. The van der Waals surface area contributed by atoms with Crippen LogP contribution in [0.25, 0.3) is 6.08 Å². The monoisotopic (exact) mass is 186 g/mol. The van der Waals surface area contributed by atoms with Crippen molar-refractivity contribution in [3.8, 4) is 0 Å². The molecule has 1 aliphatic rings. The fourth-order valence-electron chi connectivity index (χ4n) is 2.23. The first-order valence-corrected chi connectivity index (χ1v) is 5.64. The average molecular weight is 186 g/mol. The van der Waals surface area contributed by atoms with Gasteiger partial charge in [-0.2, -0.15) is 0 Å². The highest BCUT2D eigenvalue weighted by Crippen LogP contribution is 2.32. The molecule has 0 aromatic heterocycles. The summed E-state index contributed by atoms with van der Waals surface area (Å²) in [4.78, 5) is 0. The van der Waals surface area contributed by atoms with Crippen LogP contribution in [-0.4, -0.2) is 0 Å². The van der Waals surface area contributed by atoms with Crippen LogP contribution >= 0.6 is 0 Å². The fourth-order valence-corrected chi connectivity index (χ4v) is 2.23. The molecule has 0 heterocycles. The van der Waals surface area contributed by atoms with Crippen LogP contribution < -0.4 is 0 Å². The number of hydrogen-bond donors (Lipinski definition) is 0. The van der Waals surface area contributed by atoms with Gasteiger partial charge in [0.15, 0.2) is 0 Å². The summed E-state index contributed by atoms with van der Waals surface area (Å²) in [6.45, 7) is 4.49. The van der Waals surface area contributed by atoms with E-state index in [-0.39, 0.29) is 0 Å². The summed E-state index contributed by atoms with van der Waals surface area (Å²) in [5.41, 5.74) is 4.44. The zero-order valence-corrected chi connectivity index (χ0v) is 9.09. The minimum atomic E-state index is 0.751. The summed E-state index contributed by atoms with van der Waals surface area (Å²) in [6, 6.07) is 6.94. The Hall–Kier alpha value is -1.04. The molecule has 1 aromatic carbocycles. The maximum atomic E-state index is 2.34. The highest BCUT2D eigenvalue weighted by Gasteiger charge is 2.14. The van der Waals surface area contributed by atoms with Crippen molar-refractivity contribution in [1.82, 2.24) is 0 Å². The van der Waals surface area contributed by atoms with E-state index in [1.54, 1.807) is 5.56 Å². The van der Waals surface area contributed by atoms with E-state index in [9.17, 15) is 0 Å². The third-order valence-corrected chi connectivity index (χ3v) is 3.21. The van der Waals surface area contributed by atoms with Gasteiger partial charge in [-0.05, 0) is 41.9 Å². The summed E-state index contributed by atoms with van der Waals surface area (Å²) in [5.74, 6) is 0.751. The topological polar surface area (TPSA) is 0 Å². The first-order chi connectivity index (χ1) is 6.85. The second kappa shape index (κ2) is 4.00. The normalized spacial score (nSPS) is 19.4. The summed E-state index contributed by atoms with van der Waals surface area (Å²) >= 11 is 0. The molecule has 0 fully saturated rings. The lowest BCUT2D eigenvalue weighted by molar-refractivity contribution is 0.668. The van der Waals surface area contributed by atoms with Crippen molar-refractivity contribution in [2.45, 2.75) is 39.0 Å². The van der Waals surface area contributed by atoms with Crippen molar-refractivity contribution < 1.29 is 0 Å². The summed E-state index contributed by atoms with van der Waals surface area (Å²) in [5, 5.41) is 0. The van der Waals surface area contributed by atoms with Crippen LogP contribution in [0.1, 0.15) is 49.3 Å². The van der Waals surface area contributed by atoms with Crippen LogP contribution in [0.15, 0.2) is 24.3 Å². The zero-order chi connectivity index (χ0) is 9.97. The lowest BCUT2D eigenvalue weighted by Crippen LogP contribution is -2.03. The Kier molecular flexibility index (Phi) is 2.72. The van der Waals surface area contributed by atoms with Crippen LogP contribution in [0.2, 0.25) is 0 Å². The maximum Gasteiger partial charge on any atom is -0.0124 e. The lowest BCUT2D eigenvalue weighted by atomic mass is 9.84. The van der Waals surface area contributed by atoms with E-state index >= 15 is 0 Å². The van der Waals surface area contributed by atoms with Gasteiger partial charge in [0.05, 0.1) is 0 Å². The minimum Gasteiger partial charge on any atom is -0.0833 e. The third kappa shape index (κ3) is 1.61. The van der Waals surface area contributed by atoms with Gasteiger partial charge in [0.25, 0.3) is 0 Å². The molecule has 0 nitrogen and oxygen atoms in total. The summed E-state index contributed by atoms with van der Waals surface area (Å²) in [6.07, 6.45) is 8.20. The lowest BCUT2D eigenvalue weighted by Gasteiger charge is -2.20. The van der Waals surface area contributed by atoms with Crippen molar-refractivity contribution in [2.24, 2.45) is 0 Å². The largest absolute Gasteiger partial charge is 0.0833 e. The average Bonchev–Trinajstić information content (AvgIpc) is 2.27.